The summed E-state index contributed by atoms with van der Waals surface area (Å²) < 4.78 is 10.8. The van der Waals surface area contributed by atoms with Gasteiger partial charge in [-0.25, -0.2) is 4.79 Å². The van der Waals surface area contributed by atoms with Crippen molar-refractivity contribution < 1.29 is 34.2 Å². The molecule has 1 atom stereocenters. The van der Waals surface area contributed by atoms with E-state index in [1.54, 1.807) is 6.07 Å². The Labute approximate surface area is 145 Å². The fraction of sp³-hybridized carbons (Fsp3) is 0.467. The first-order valence-corrected chi connectivity index (χ1v) is 7.87. The lowest BCUT2D eigenvalue weighted by molar-refractivity contribution is -0.142. The summed E-state index contributed by atoms with van der Waals surface area (Å²) in [5.74, 6) is -1.43. The summed E-state index contributed by atoms with van der Waals surface area (Å²) in [6, 6.07) is 2.25. The van der Waals surface area contributed by atoms with Gasteiger partial charge in [0.2, 0.25) is 5.91 Å². The minimum Gasteiger partial charge on any atom is -0.538 e. The van der Waals surface area contributed by atoms with E-state index in [4.69, 9.17) is 25.3 Å². The van der Waals surface area contributed by atoms with Crippen LogP contribution in [0.1, 0.15) is 22.8 Å². The lowest BCUT2D eigenvalue weighted by Crippen LogP contribution is -2.60. The Morgan fingerprint density at radius 1 is 1.44 bits per heavy atom. The van der Waals surface area contributed by atoms with Crippen molar-refractivity contribution in [3.8, 4) is 11.5 Å². The first-order chi connectivity index (χ1) is 11.9. The Kier molecular flexibility index (Phi) is 6.24. The Morgan fingerprint density at radius 2 is 2.12 bits per heavy atom. The molecule has 0 aliphatic carbocycles. The fourth-order valence-electron chi connectivity index (χ4n) is 2.60. The molecule has 0 aromatic heterocycles. The number of hydrogen-bond donors (Lipinski definition) is 4. The number of rotatable bonds is 8. The molecule has 0 bridgehead atoms. The van der Waals surface area contributed by atoms with Crippen LogP contribution in [-0.4, -0.2) is 71.5 Å². The van der Waals surface area contributed by atoms with E-state index in [9.17, 15) is 14.7 Å². The molecular weight excluding hydrogens is 331 g/mol. The van der Waals surface area contributed by atoms with Crippen LogP contribution in [0.25, 0.3) is 0 Å². The average molecular weight is 352 g/mol. The molecule has 25 heavy (non-hydrogen) atoms. The number of aliphatic hydroxyl groups is 1. The van der Waals surface area contributed by atoms with Crippen molar-refractivity contribution in [1.82, 2.24) is 4.90 Å². The van der Waals surface area contributed by atoms with Crippen molar-refractivity contribution in [2.24, 2.45) is 5.73 Å². The monoisotopic (exact) mass is 352 g/mol. The van der Waals surface area contributed by atoms with Gasteiger partial charge in [0.1, 0.15) is 29.2 Å². The Morgan fingerprint density at radius 3 is 2.64 bits per heavy atom. The zero-order chi connectivity index (χ0) is 18.6. The molecule has 1 saturated heterocycles. The molecule has 1 aliphatic heterocycles. The van der Waals surface area contributed by atoms with E-state index in [0.717, 1.165) is 0 Å². The number of nitrogens with zero attached hydrogens (tertiary/aromatic N) is 1. The maximum atomic E-state index is 11.8. The maximum Gasteiger partial charge on any atom is 0.504 e. The number of carboxylic acid groups (broad SMARTS) is 1. The summed E-state index contributed by atoms with van der Waals surface area (Å²) in [6.45, 7) is 1.89. The summed E-state index contributed by atoms with van der Waals surface area (Å²) in [5.41, 5.74) is 5.95. The molecule has 0 spiro atoms. The number of hydrogen-bond acceptors (Lipinski definition) is 7. The van der Waals surface area contributed by atoms with Crippen LogP contribution in [0, 0.1) is 0 Å². The van der Waals surface area contributed by atoms with Crippen molar-refractivity contribution >= 4 is 19.6 Å². The third-order valence-corrected chi connectivity index (χ3v) is 3.97. The average Bonchev–Trinajstić information content (AvgIpc) is 2.56. The lowest BCUT2D eigenvalue weighted by Gasteiger charge is -2.40. The number of aryl methyl sites for hydroxylation is 1. The van der Waals surface area contributed by atoms with Gasteiger partial charge in [-0.1, -0.05) is 13.0 Å². The van der Waals surface area contributed by atoms with Gasteiger partial charge >= 0.3 is 13.7 Å². The van der Waals surface area contributed by atoms with Gasteiger partial charge < -0.3 is 35.3 Å². The summed E-state index contributed by atoms with van der Waals surface area (Å²) >= 11 is 0. The number of benzene rings is 1. The van der Waals surface area contributed by atoms with Crippen LogP contribution < -0.4 is 15.1 Å². The quantitative estimate of drug-likeness (QED) is 0.414. The molecule has 9 nitrogen and oxygen atoms in total. The van der Waals surface area contributed by atoms with Crippen LogP contribution >= 0.6 is 0 Å². The topological polar surface area (TPSA) is 143 Å². The van der Waals surface area contributed by atoms with E-state index in [2.05, 4.69) is 0 Å². The fourth-order valence-corrected chi connectivity index (χ4v) is 2.60. The second-order valence-corrected chi connectivity index (χ2v) is 5.63. The molecule has 1 aromatic rings. The van der Waals surface area contributed by atoms with Crippen LogP contribution in [0.15, 0.2) is 12.1 Å². The van der Waals surface area contributed by atoms with Gasteiger partial charge in [0.25, 0.3) is 0 Å². The number of carbonyl (C=O) groups excluding carboxylic acids is 1. The highest BCUT2D eigenvalue weighted by atomic mass is 16.5. The number of aliphatic hydroxyl groups excluding tert-OH is 1. The number of likely N-dealkylation sites (tertiary alicyclic amines) is 1. The van der Waals surface area contributed by atoms with Crippen molar-refractivity contribution in [1.29, 1.82) is 0 Å². The molecule has 0 radical (unpaired) electrons. The van der Waals surface area contributed by atoms with E-state index >= 15 is 0 Å². The minimum atomic E-state index is -1.23. The van der Waals surface area contributed by atoms with E-state index in [1.165, 1.54) is 11.0 Å². The van der Waals surface area contributed by atoms with Crippen LogP contribution in [-0.2, 0) is 11.2 Å². The predicted octanol–water partition coefficient (Wildman–Crippen LogP) is -1.51. The minimum absolute atomic E-state index is 0.0737. The normalized spacial score (nSPS) is 15.3. The summed E-state index contributed by atoms with van der Waals surface area (Å²) in [7, 11) is -0.651. The molecule has 1 heterocycles. The molecule has 0 saturated carbocycles. The molecule has 5 N–H and O–H groups in total. The molecule has 10 heteroatoms. The van der Waals surface area contributed by atoms with Crippen molar-refractivity contribution in [3.63, 3.8) is 0 Å². The predicted molar refractivity (Wildman–Crippen MR) is 88.8 cm³/mol. The number of amides is 1. The number of carbonyl (C=O) groups is 2. The Bertz CT molecular complexity index is 649. The zero-order valence-electron chi connectivity index (χ0n) is 13.8. The SMILES string of the molecule is CCc1ccc(OC2CN(C(=O)[C@H](N)CO)C2)c(C(=O)O)c1OBO. The number of nitrogens with two attached hydrogens (primary N) is 1. The lowest BCUT2D eigenvalue weighted by atomic mass is 10.0. The molecule has 1 aliphatic rings. The van der Waals surface area contributed by atoms with Crippen molar-refractivity contribution in [3.05, 3.63) is 23.3 Å². The first-order valence-electron chi connectivity index (χ1n) is 7.87. The number of aromatic carboxylic acids is 1. The second-order valence-electron chi connectivity index (χ2n) is 5.63. The third kappa shape index (κ3) is 4.03. The number of carboxylic acids is 1. The van der Waals surface area contributed by atoms with Gasteiger partial charge in [-0.15, -0.1) is 0 Å². The first kappa shape index (κ1) is 19.0. The van der Waals surface area contributed by atoms with Crippen LogP contribution in [0.3, 0.4) is 0 Å². The Balaban J connectivity index is 2.14. The summed E-state index contributed by atoms with van der Waals surface area (Å²) in [6.07, 6.45) is 0.142. The van der Waals surface area contributed by atoms with Gasteiger partial charge in [0.15, 0.2) is 0 Å². The van der Waals surface area contributed by atoms with Crippen molar-refractivity contribution in [2.45, 2.75) is 25.5 Å². The van der Waals surface area contributed by atoms with Gasteiger partial charge in [0, 0.05) is 0 Å². The van der Waals surface area contributed by atoms with Crippen LogP contribution in [0.5, 0.6) is 11.5 Å². The molecule has 2 rings (SSSR count). The van der Waals surface area contributed by atoms with Gasteiger partial charge in [-0.3, -0.25) is 4.79 Å². The summed E-state index contributed by atoms with van der Waals surface area (Å²) in [5, 5.41) is 27.4. The van der Waals surface area contributed by atoms with Crippen molar-refractivity contribution in [2.75, 3.05) is 19.7 Å². The molecular formula is C15H21BN2O7. The highest BCUT2D eigenvalue weighted by Crippen LogP contribution is 2.34. The van der Waals surface area contributed by atoms with E-state index < -0.39 is 26.3 Å². The maximum absolute atomic E-state index is 11.8. The highest BCUT2D eigenvalue weighted by Gasteiger charge is 2.35. The second kappa shape index (κ2) is 8.19. The molecule has 1 aromatic carbocycles. The van der Waals surface area contributed by atoms with Crippen LogP contribution in [0.2, 0.25) is 0 Å². The Hall–Kier alpha value is -2.30. The number of ether oxygens (including phenoxy) is 1. The summed E-state index contributed by atoms with van der Waals surface area (Å²) in [4.78, 5) is 24.8. The zero-order valence-corrected chi connectivity index (χ0v) is 13.8. The molecule has 0 unspecified atom stereocenters. The smallest absolute Gasteiger partial charge is 0.504 e. The van der Waals surface area contributed by atoms with E-state index in [0.29, 0.717) is 12.0 Å². The molecule has 1 fully saturated rings. The molecule has 136 valence electrons. The van der Waals surface area contributed by atoms with Gasteiger partial charge in [-0.05, 0) is 18.1 Å². The standard InChI is InChI=1S/C15H21BN2O7/c1-2-8-3-4-11(12(15(21)22)13(8)25-16-23)24-9-5-18(6-9)14(20)10(17)7-19/h3-4,9-10,16,19,23H,2,5-7,17H2,1H3,(H,21,22)/t10-/m1/s1. The van der Waals surface area contributed by atoms with Crippen LogP contribution in [0.4, 0.5) is 0 Å². The molecule has 1 amide bonds. The van der Waals surface area contributed by atoms with E-state index in [1.807, 2.05) is 6.92 Å². The third-order valence-electron chi connectivity index (χ3n) is 3.97. The van der Waals surface area contributed by atoms with Gasteiger partial charge in [-0.2, -0.15) is 0 Å². The largest absolute Gasteiger partial charge is 0.538 e. The van der Waals surface area contributed by atoms with E-state index in [-0.39, 0.29) is 42.2 Å². The van der Waals surface area contributed by atoms with Gasteiger partial charge in [0.05, 0.1) is 19.7 Å². The highest BCUT2D eigenvalue weighted by molar-refractivity contribution is 6.18.